The molecule has 0 heterocycles. The zero-order valence-corrected chi connectivity index (χ0v) is 9.83. The maximum Gasteiger partial charge on any atom is 0.321 e. The maximum atomic E-state index is 11.7. The van der Waals surface area contributed by atoms with E-state index in [9.17, 15) is 13.2 Å². The molecule has 1 fully saturated rings. The van der Waals surface area contributed by atoms with Gasteiger partial charge in [0, 0.05) is 7.05 Å². The number of sulfonamides is 1. The van der Waals surface area contributed by atoms with Crippen LogP contribution in [0.2, 0.25) is 0 Å². The van der Waals surface area contributed by atoms with Crippen molar-refractivity contribution < 1.29 is 18.3 Å². The Balaban J connectivity index is 2.63. The number of aliphatic carboxylic acids is 1. The zero-order chi connectivity index (χ0) is 11.6. The van der Waals surface area contributed by atoms with Crippen molar-refractivity contribution in [2.75, 3.05) is 12.8 Å². The molecule has 0 amide bonds. The van der Waals surface area contributed by atoms with Crippen molar-refractivity contribution >= 4 is 16.0 Å². The van der Waals surface area contributed by atoms with Crippen molar-refractivity contribution in [3.8, 4) is 0 Å². The Morgan fingerprint density at radius 1 is 1.53 bits per heavy atom. The molecule has 1 atom stereocenters. The fourth-order valence-electron chi connectivity index (χ4n) is 1.47. The monoisotopic (exact) mass is 235 g/mol. The Kier molecular flexibility index (Phi) is 3.72. The second-order valence-corrected chi connectivity index (χ2v) is 6.18. The van der Waals surface area contributed by atoms with Gasteiger partial charge < -0.3 is 5.11 Å². The predicted molar refractivity (Wildman–Crippen MR) is 56.0 cm³/mol. The number of carboxylic acids is 1. The minimum absolute atomic E-state index is 0.0844. The molecule has 0 aliphatic heterocycles. The van der Waals surface area contributed by atoms with E-state index in [-0.39, 0.29) is 11.7 Å². The summed E-state index contributed by atoms with van der Waals surface area (Å²) in [4.78, 5) is 10.7. The Hall–Kier alpha value is -0.620. The van der Waals surface area contributed by atoms with Crippen LogP contribution in [0.15, 0.2) is 0 Å². The minimum atomic E-state index is -3.41. The molecule has 88 valence electrons. The summed E-state index contributed by atoms with van der Waals surface area (Å²) in [5.41, 5.74) is 0. The molecule has 0 saturated heterocycles. The molecular weight excluding hydrogens is 218 g/mol. The van der Waals surface area contributed by atoms with E-state index in [0.29, 0.717) is 0 Å². The maximum absolute atomic E-state index is 11.7. The molecule has 0 aromatic rings. The molecular formula is C9H17NO4S. The van der Waals surface area contributed by atoms with Crippen LogP contribution in [0.25, 0.3) is 0 Å². The second-order valence-electron chi connectivity index (χ2n) is 4.11. The van der Waals surface area contributed by atoms with Crippen LogP contribution in [0.3, 0.4) is 0 Å². The smallest absolute Gasteiger partial charge is 0.321 e. The normalized spacial score (nSPS) is 19.9. The van der Waals surface area contributed by atoms with Crippen molar-refractivity contribution in [2.45, 2.75) is 32.2 Å². The highest BCUT2D eigenvalue weighted by Crippen LogP contribution is 2.28. The Morgan fingerprint density at radius 2 is 2.07 bits per heavy atom. The summed E-state index contributed by atoms with van der Waals surface area (Å²) in [6.07, 6.45) is 2.96. The van der Waals surface area contributed by atoms with Crippen LogP contribution >= 0.6 is 0 Å². The first-order valence-corrected chi connectivity index (χ1v) is 6.64. The number of hydrogen-bond donors (Lipinski definition) is 1. The number of likely N-dealkylation sites (N-methyl/N-ethyl adjacent to an activating group) is 1. The van der Waals surface area contributed by atoms with Crippen LogP contribution < -0.4 is 0 Å². The topological polar surface area (TPSA) is 74.7 Å². The average Bonchev–Trinajstić information content (AvgIpc) is 2.09. The lowest BCUT2D eigenvalue weighted by atomic mass is 9.87. The summed E-state index contributed by atoms with van der Waals surface area (Å²) in [6.45, 7) is 1.38. The third-order valence-corrected chi connectivity index (χ3v) is 5.10. The van der Waals surface area contributed by atoms with Gasteiger partial charge in [-0.05, 0) is 25.7 Å². The van der Waals surface area contributed by atoms with Crippen LogP contribution in [0.5, 0.6) is 0 Å². The molecule has 1 unspecified atom stereocenters. The van der Waals surface area contributed by atoms with Crippen molar-refractivity contribution in [1.29, 1.82) is 0 Å². The van der Waals surface area contributed by atoms with Crippen LogP contribution in [0.1, 0.15) is 26.2 Å². The van der Waals surface area contributed by atoms with Gasteiger partial charge in [0.2, 0.25) is 10.0 Å². The third kappa shape index (κ3) is 2.92. The van der Waals surface area contributed by atoms with Gasteiger partial charge in [-0.3, -0.25) is 4.79 Å². The second kappa shape index (κ2) is 4.49. The van der Waals surface area contributed by atoms with Crippen molar-refractivity contribution in [3.05, 3.63) is 0 Å². The fourth-order valence-corrected chi connectivity index (χ4v) is 3.21. The molecule has 1 saturated carbocycles. The molecule has 0 bridgehead atoms. The predicted octanol–water partition coefficient (Wildman–Crippen LogP) is 0.521. The van der Waals surface area contributed by atoms with Crippen LogP contribution in [-0.4, -0.2) is 42.6 Å². The van der Waals surface area contributed by atoms with Crippen LogP contribution in [0, 0.1) is 5.92 Å². The zero-order valence-electron chi connectivity index (χ0n) is 9.01. The van der Waals surface area contributed by atoms with Gasteiger partial charge in [-0.25, -0.2) is 8.42 Å². The number of nitrogens with zero attached hydrogens (tertiary/aromatic N) is 1. The number of rotatable bonds is 5. The molecule has 0 radical (unpaired) electrons. The van der Waals surface area contributed by atoms with E-state index in [0.717, 1.165) is 23.6 Å². The average molecular weight is 235 g/mol. The highest BCUT2D eigenvalue weighted by molar-refractivity contribution is 7.89. The van der Waals surface area contributed by atoms with Crippen LogP contribution in [0.4, 0.5) is 0 Å². The third-order valence-electron chi connectivity index (χ3n) is 3.01. The van der Waals surface area contributed by atoms with Gasteiger partial charge in [-0.15, -0.1) is 0 Å². The summed E-state index contributed by atoms with van der Waals surface area (Å²) in [6, 6.07) is -0.991. The van der Waals surface area contributed by atoms with Gasteiger partial charge in [-0.1, -0.05) is 6.42 Å². The summed E-state index contributed by atoms with van der Waals surface area (Å²) in [5, 5.41) is 8.71. The van der Waals surface area contributed by atoms with Gasteiger partial charge in [0.25, 0.3) is 0 Å². The fraction of sp³-hybridized carbons (Fsp3) is 0.889. The van der Waals surface area contributed by atoms with Crippen molar-refractivity contribution in [3.63, 3.8) is 0 Å². The summed E-state index contributed by atoms with van der Waals surface area (Å²) in [5.74, 6) is -0.811. The minimum Gasteiger partial charge on any atom is -0.480 e. The molecule has 1 aliphatic rings. The lowest BCUT2D eigenvalue weighted by Crippen LogP contribution is -2.43. The van der Waals surface area contributed by atoms with Crippen molar-refractivity contribution in [2.24, 2.45) is 5.92 Å². The van der Waals surface area contributed by atoms with Gasteiger partial charge in [0.1, 0.15) is 6.04 Å². The number of hydrogen-bond acceptors (Lipinski definition) is 3. The van der Waals surface area contributed by atoms with E-state index in [1.54, 1.807) is 0 Å². The summed E-state index contributed by atoms with van der Waals surface area (Å²) in [7, 11) is -2.09. The van der Waals surface area contributed by atoms with Gasteiger partial charge >= 0.3 is 5.97 Å². The molecule has 15 heavy (non-hydrogen) atoms. The SMILES string of the molecule is CC(C(=O)O)N(C)S(=O)(=O)CC1CCC1. The van der Waals surface area contributed by atoms with E-state index in [2.05, 4.69) is 0 Å². The molecule has 1 aliphatic carbocycles. The molecule has 5 nitrogen and oxygen atoms in total. The first-order valence-electron chi connectivity index (χ1n) is 5.03. The van der Waals surface area contributed by atoms with E-state index in [4.69, 9.17) is 5.11 Å². The highest BCUT2D eigenvalue weighted by atomic mass is 32.2. The first kappa shape index (κ1) is 12.4. The lowest BCUT2D eigenvalue weighted by Gasteiger charge is -2.28. The lowest BCUT2D eigenvalue weighted by molar-refractivity contribution is -0.140. The van der Waals surface area contributed by atoms with E-state index in [1.807, 2.05) is 0 Å². The number of carboxylic acid groups (broad SMARTS) is 1. The molecule has 1 rings (SSSR count). The molecule has 6 heteroatoms. The number of carbonyl (C=O) groups is 1. The van der Waals surface area contributed by atoms with Gasteiger partial charge in [-0.2, -0.15) is 4.31 Å². The Morgan fingerprint density at radius 3 is 2.40 bits per heavy atom. The molecule has 0 aromatic carbocycles. The van der Waals surface area contributed by atoms with E-state index >= 15 is 0 Å². The highest BCUT2D eigenvalue weighted by Gasteiger charge is 2.32. The molecule has 0 spiro atoms. The Bertz CT molecular complexity index is 334. The van der Waals surface area contributed by atoms with E-state index < -0.39 is 22.0 Å². The molecule has 1 N–H and O–H groups in total. The van der Waals surface area contributed by atoms with Crippen LogP contribution in [-0.2, 0) is 14.8 Å². The summed E-state index contributed by atoms with van der Waals surface area (Å²) >= 11 is 0. The molecule has 0 aromatic heterocycles. The van der Waals surface area contributed by atoms with Gasteiger partial charge in [0.15, 0.2) is 0 Å². The van der Waals surface area contributed by atoms with Crippen molar-refractivity contribution in [1.82, 2.24) is 4.31 Å². The standard InChI is InChI=1S/C9H17NO4S/c1-7(9(11)12)10(2)15(13,14)6-8-4-3-5-8/h7-8H,3-6H2,1-2H3,(H,11,12). The van der Waals surface area contributed by atoms with Gasteiger partial charge in [0.05, 0.1) is 5.75 Å². The quantitative estimate of drug-likeness (QED) is 0.754. The first-order chi connectivity index (χ1) is 6.84. The Labute approximate surface area is 90.1 Å². The summed E-state index contributed by atoms with van der Waals surface area (Å²) < 4.78 is 24.4. The largest absolute Gasteiger partial charge is 0.480 e. The van der Waals surface area contributed by atoms with E-state index in [1.165, 1.54) is 14.0 Å².